The quantitative estimate of drug-likeness (QED) is 0.675. The Kier molecular flexibility index (Phi) is 5.49. The van der Waals surface area contributed by atoms with E-state index in [2.05, 4.69) is 10.3 Å². The number of hydrogen-bond donors (Lipinski definition) is 2. The van der Waals surface area contributed by atoms with Crippen LogP contribution in [-0.4, -0.2) is 63.4 Å². The van der Waals surface area contributed by atoms with Crippen molar-refractivity contribution in [3.8, 4) is 0 Å². The summed E-state index contributed by atoms with van der Waals surface area (Å²) in [5.74, 6) is -3.74. The van der Waals surface area contributed by atoms with E-state index in [0.717, 1.165) is 11.3 Å². The van der Waals surface area contributed by atoms with Gasteiger partial charge in [-0.3, -0.25) is 9.59 Å². The topological polar surface area (TPSA) is 103 Å². The van der Waals surface area contributed by atoms with E-state index in [-0.39, 0.29) is 37.9 Å². The number of fused-ring (bicyclic) bond motifs is 1. The van der Waals surface area contributed by atoms with Crippen molar-refractivity contribution < 1.29 is 28.3 Å². The van der Waals surface area contributed by atoms with Crippen LogP contribution in [-0.2, 0) is 11.2 Å². The largest absolute Gasteiger partial charge is 0.480 e. The van der Waals surface area contributed by atoms with Crippen LogP contribution in [0, 0.1) is 0 Å². The third kappa shape index (κ3) is 4.33. The molecule has 2 N–H and O–H groups in total. The molecule has 1 aromatic heterocycles. The van der Waals surface area contributed by atoms with Crippen molar-refractivity contribution in [3.63, 3.8) is 0 Å². The number of halogens is 2. The molecule has 1 atom stereocenters. The number of benzene rings is 1. The molecule has 1 saturated heterocycles. The minimum absolute atomic E-state index is 0.0267. The summed E-state index contributed by atoms with van der Waals surface area (Å²) in [7, 11) is 0. The van der Waals surface area contributed by atoms with E-state index in [4.69, 9.17) is 0 Å². The van der Waals surface area contributed by atoms with E-state index in [1.165, 1.54) is 11.1 Å². The van der Waals surface area contributed by atoms with Gasteiger partial charge in [-0.25, -0.2) is 18.6 Å². The van der Waals surface area contributed by atoms with E-state index in [1.54, 1.807) is 30.3 Å². The lowest BCUT2D eigenvalue weighted by Gasteiger charge is -2.31. The van der Waals surface area contributed by atoms with Crippen molar-refractivity contribution in [2.45, 2.75) is 56.5 Å². The molecule has 0 spiro atoms. The summed E-state index contributed by atoms with van der Waals surface area (Å²) in [5, 5.41) is 11.9. The van der Waals surface area contributed by atoms with Gasteiger partial charge in [-0.1, -0.05) is 0 Å². The zero-order valence-electron chi connectivity index (χ0n) is 19.3. The van der Waals surface area contributed by atoms with Gasteiger partial charge in [-0.05, 0) is 62.1 Å². The number of aromatic nitrogens is 1. The molecule has 1 aromatic carbocycles. The van der Waals surface area contributed by atoms with Crippen LogP contribution in [0.1, 0.15) is 58.9 Å². The van der Waals surface area contributed by atoms with Crippen molar-refractivity contribution in [1.82, 2.24) is 15.2 Å². The van der Waals surface area contributed by atoms with Gasteiger partial charge in [-0.2, -0.15) is 0 Å². The molecular weight excluding hydrogens is 458 g/mol. The molecular formula is C25H26F2N4O4. The van der Waals surface area contributed by atoms with E-state index >= 15 is 0 Å². The van der Waals surface area contributed by atoms with Crippen LogP contribution in [0.15, 0.2) is 36.5 Å². The predicted molar refractivity (Wildman–Crippen MR) is 123 cm³/mol. The Morgan fingerprint density at radius 2 is 1.71 bits per heavy atom. The van der Waals surface area contributed by atoms with Crippen LogP contribution in [0.5, 0.6) is 0 Å². The number of pyridine rings is 1. The standard InChI is InChI=1S/C25H26F2N4O4/c1-15-12-17-13-18(22(33)30-10-8-25(26,27)9-11-30)14-28-20(17)31(15)19-4-2-16(3-5-19)21(32)29-24(6-7-24)23(34)35/h2-5,13-15H,6-12H2,1H3,(H,29,32)(H,34,35). The molecule has 1 saturated carbocycles. The second-order valence-corrected chi connectivity index (χ2v) is 9.67. The van der Waals surface area contributed by atoms with Crippen molar-refractivity contribution in [2.24, 2.45) is 0 Å². The normalized spacial score (nSPS) is 21.9. The molecule has 1 aliphatic carbocycles. The monoisotopic (exact) mass is 484 g/mol. The van der Waals surface area contributed by atoms with Gasteiger partial charge >= 0.3 is 5.97 Å². The van der Waals surface area contributed by atoms with Crippen molar-refractivity contribution in [2.75, 3.05) is 18.0 Å². The average molecular weight is 485 g/mol. The number of anilines is 2. The lowest BCUT2D eigenvalue weighted by Crippen LogP contribution is -2.43. The fourth-order valence-electron chi connectivity index (χ4n) is 4.78. The Morgan fingerprint density at radius 1 is 1.06 bits per heavy atom. The number of amides is 2. The first-order chi connectivity index (χ1) is 16.6. The first kappa shape index (κ1) is 23.2. The maximum Gasteiger partial charge on any atom is 0.329 e. The number of nitrogens with zero attached hydrogens (tertiary/aromatic N) is 3. The van der Waals surface area contributed by atoms with Crippen LogP contribution in [0.25, 0.3) is 0 Å². The van der Waals surface area contributed by atoms with Crippen molar-refractivity contribution >= 4 is 29.3 Å². The SMILES string of the molecule is CC1Cc2cc(C(=O)N3CCC(F)(F)CC3)cnc2N1c1ccc(C(=O)NC2(C(=O)O)CC2)cc1. The molecule has 3 aliphatic rings. The van der Waals surface area contributed by atoms with E-state index in [1.807, 2.05) is 11.8 Å². The number of nitrogens with one attached hydrogen (secondary N) is 1. The number of hydrogen-bond acceptors (Lipinski definition) is 5. The second kappa shape index (κ2) is 8.28. The lowest BCUT2D eigenvalue weighted by atomic mass is 10.0. The highest BCUT2D eigenvalue weighted by molar-refractivity contribution is 5.99. The smallest absolute Gasteiger partial charge is 0.329 e. The molecule has 35 heavy (non-hydrogen) atoms. The Labute approximate surface area is 200 Å². The van der Waals surface area contributed by atoms with Gasteiger partial charge in [0.2, 0.25) is 0 Å². The van der Waals surface area contributed by atoms with Crippen LogP contribution >= 0.6 is 0 Å². The molecule has 2 aromatic rings. The van der Waals surface area contributed by atoms with Crippen LogP contribution in [0.2, 0.25) is 0 Å². The molecule has 2 aliphatic heterocycles. The summed E-state index contributed by atoms with van der Waals surface area (Å²) in [6, 6.07) is 8.72. The van der Waals surface area contributed by atoms with Crippen molar-refractivity contribution in [3.05, 3.63) is 53.2 Å². The second-order valence-electron chi connectivity index (χ2n) is 9.67. The fraction of sp³-hybridized carbons (Fsp3) is 0.440. The van der Waals surface area contributed by atoms with Crippen LogP contribution in [0.3, 0.4) is 0 Å². The zero-order valence-corrected chi connectivity index (χ0v) is 19.3. The number of carboxylic acids is 1. The maximum absolute atomic E-state index is 13.4. The third-order valence-corrected chi connectivity index (χ3v) is 7.08. The van der Waals surface area contributed by atoms with Crippen LogP contribution in [0.4, 0.5) is 20.3 Å². The molecule has 184 valence electrons. The highest BCUT2D eigenvalue weighted by Crippen LogP contribution is 2.38. The minimum Gasteiger partial charge on any atom is -0.480 e. The summed E-state index contributed by atoms with van der Waals surface area (Å²) in [6.45, 7) is 2.08. The Bertz CT molecular complexity index is 1190. The van der Waals surface area contributed by atoms with Gasteiger partial charge in [0.15, 0.2) is 0 Å². The van der Waals surface area contributed by atoms with E-state index < -0.39 is 23.3 Å². The summed E-state index contributed by atoms with van der Waals surface area (Å²) >= 11 is 0. The Hall–Kier alpha value is -3.56. The van der Waals surface area contributed by atoms with Gasteiger partial charge in [-0.15, -0.1) is 0 Å². The molecule has 2 fully saturated rings. The lowest BCUT2D eigenvalue weighted by molar-refractivity contribution is -0.140. The van der Waals surface area contributed by atoms with Gasteiger partial charge in [0.25, 0.3) is 17.7 Å². The average Bonchev–Trinajstić information content (AvgIpc) is 3.53. The molecule has 3 heterocycles. The highest BCUT2D eigenvalue weighted by Gasteiger charge is 2.51. The molecule has 8 nitrogen and oxygen atoms in total. The van der Waals surface area contributed by atoms with Gasteiger partial charge in [0.05, 0.1) is 5.56 Å². The fourth-order valence-corrected chi connectivity index (χ4v) is 4.78. The van der Waals surface area contributed by atoms with E-state index in [9.17, 15) is 28.3 Å². The molecule has 2 amide bonds. The summed E-state index contributed by atoms with van der Waals surface area (Å²) < 4.78 is 26.9. The van der Waals surface area contributed by atoms with Crippen LogP contribution < -0.4 is 10.2 Å². The Morgan fingerprint density at radius 3 is 2.31 bits per heavy atom. The van der Waals surface area contributed by atoms with Gasteiger partial charge in [0, 0.05) is 49.4 Å². The zero-order chi connectivity index (χ0) is 25.0. The molecule has 10 heteroatoms. The number of alkyl halides is 2. The number of carbonyl (C=O) groups excluding carboxylic acids is 2. The highest BCUT2D eigenvalue weighted by atomic mass is 19.3. The van der Waals surface area contributed by atoms with Gasteiger partial charge < -0.3 is 20.2 Å². The summed E-state index contributed by atoms with van der Waals surface area (Å²) in [4.78, 5) is 44.7. The molecule has 0 radical (unpaired) electrons. The van der Waals surface area contributed by atoms with E-state index in [0.29, 0.717) is 36.2 Å². The first-order valence-corrected chi connectivity index (χ1v) is 11.7. The number of piperidine rings is 1. The number of carbonyl (C=O) groups is 3. The summed E-state index contributed by atoms with van der Waals surface area (Å²) in [6.07, 6.45) is 2.34. The Balaban J connectivity index is 1.31. The van der Waals surface area contributed by atoms with Gasteiger partial charge in [0.1, 0.15) is 11.4 Å². The number of aliphatic carboxylic acids is 1. The maximum atomic E-state index is 13.4. The number of carboxylic acid groups (broad SMARTS) is 1. The number of rotatable bonds is 5. The third-order valence-electron chi connectivity index (χ3n) is 7.08. The minimum atomic E-state index is -2.71. The predicted octanol–water partition coefficient (Wildman–Crippen LogP) is 3.38. The molecule has 1 unspecified atom stereocenters. The van der Waals surface area contributed by atoms with Crippen molar-refractivity contribution in [1.29, 1.82) is 0 Å². The molecule has 5 rings (SSSR count). The first-order valence-electron chi connectivity index (χ1n) is 11.7. The molecule has 0 bridgehead atoms. The number of likely N-dealkylation sites (tertiary alicyclic amines) is 1. The summed E-state index contributed by atoms with van der Waals surface area (Å²) in [5.41, 5.74) is 1.32.